The van der Waals surface area contributed by atoms with Gasteiger partial charge in [0, 0.05) is 0 Å². The van der Waals surface area contributed by atoms with Crippen LogP contribution in [-0.2, 0) is 4.12 Å². The van der Waals surface area contributed by atoms with Gasteiger partial charge in [-0.15, -0.1) is 0 Å². The third-order valence-electron chi connectivity index (χ3n) is 3.83. The van der Waals surface area contributed by atoms with Gasteiger partial charge in [-0.2, -0.15) is 0 Å². The standard InChI is InChI=1S/C18H24OSi2/c1-16(17-12-8-6-9-13-17)20(2,3)19-21(4,5)18-14-10-7-11-15-18/h6-15H,1H2,2-5H3. The van der Waals surface area contributed by atoms with Crippen LogP contribution in [0.15, 0.2) is 67.2 Å². The lowest BCUT2D eigenvalue weighted by Gasteiger charge is -2.35. The van der Waals surface area contributed by atoms with Gasteiger partial charge in [0.1, 0.15) is 0 Å². The van der Waals surface area contributed by atoms with Crippen LogP contribution in [0.3, 0.4) is 0 Å². The largest absolute Gasteiger partial charge is 0.449 e. The Morgan fingerprint density at radius 1 is 0.810 bits per heavy atom. The second-order valence-corrected chi connectivity index (χ2v) is 14.4. The van der Waals surface area contributed by atoms with Gasteiger partial charge in [-0.3, -0.25) is 0 Å². The summed E-state index contributed by atoms with van der Waals surface area (Å²) < 4.78 is 6.71. The Bertz CT molecular complexity index is 604. The molecule has 0 spiro atoms. The lowest BCUT2D eigenvalue weighted by Crippen LogP contribution is -2.53. The fourth-order valence-electron chi connectivity index (χ4n) is 2.58. The van der Waals surface area contributed by atoms with Gasteiger partial charge in [0.2, 0.25) is 16.6 Å². The minimum atomic E-state index is -2.00. The van der Waals surface area contributed by atoms with E-state index in [4.69, 9.17) is 4.12 Å². The molecule has 0 amide bonds. The van der Waals surface area contributed by atoms with E-state index in [-0.39, 0.29) is 0 Å². The van der Waals surface area contributed by atoms with E-state index in [2.05, 4.69) is 87.4 Å². The van der Waals surface area contributed by atoms with E-state index in [1.54, 1.807) is 0 Å². The third kappa shape index (κ3) is 3.81. The van der Waals surface area contributed by atoms with Gasteiger partial charge in [0.05, 0.1) is 0 Å². The van der Waals surface area contributed by atoms with Crippen molar-refractivity contribution in [1.82, 2.24) is 0 Å². The molecule has 0 atom stereocenters. The van der Waals surface area contributed by atoms with Crippen LogP contribution < -0.4 is 5.19 Å². The van der Waals surface area contributed by atoms with Crippen molar-refractivity contribution in [3.8, 4) is 0 Å². The molecule has 0 aliphatic carbocycles. The molecule has 110 valence electrons. The van der Waals surface area contributed by atoms with Gasteiger partial charge >= 0.3 is 0 Å². The van der Waals surface area contributed by atoms with E-state index in [9.17, 15) is 0 Å². The Balaban J connectivity index is 2.23. The monoisotopic (exact) mass is 312 g/mol. The van der Waals surface area contributed by atoms with E-state index in [1.807, 2.05) is 6.07 Å². The first-order chi connectivity index (χ1) is 9.83. The van der Waals surface area contributed by atoms with E-state index in [0.717, 1.165) is 0 Å². The molecule has 0 unspecified atom stereocenters. The fraction of sp³-hybridized carbons (Fsp3) is 0.222. The molecule has 21 heavy (non-hydrogen) atoms. The highest BCUT2D eigenvalue weighted by molar-refractivity contribution is 6.99. The average Bonchev–Trinajstić information content (AvgIpc) is 2.47. The molecule has 0 aromatic heterocycles. The topological polar surface area (TPSA) is 9.23 Å². The molecule has 0 fully saturated rings. The van der Waals surface area contributed by atoms with Crippen LogP contribution in [0, 0.1) is 0 Å². The lowest BCUT2D eigenvalue weighted by molar-refractivity contribution is 0.574. The average molecular weight is 313 g/mol. The molecule has 0 N–H and O–H groups in total. The summed E-state index contributed by atoms with van der Waals surface area (Å²) in [6.07, 6.45) is 0. The molecular weight excluding hydrogens is 288 g/mol. The normalized spacial score (nSPS) is 12.2. The lowest BCUT2D eigenvalue weighted by atomic mass is 10.2. The zero-order valence-corrected chi connectivity index (χ0v) is 15.4. The molecular formula is C18H24OSi2. The van der Waals surface area contributed by atoms with Gasteiger partial charge < -0.3 is 4.12 Å². The van der Waals surface area contributed by atoms with Crippen molar-refractivity contribution in [2.75, 3.05) is 0 Å². The smallest absolute Gasteiger partial charge is 0.206 e. The summed E-state index contributed by atoms with van der Waals surface area (Å²) in [6.45, 7) is 13.4. The van der Waals surface area contributed by atoms with Crippen LogP contribution in [0.4, 0.5) is 0 Å². The van der Waals surface area contributed by atoms with Gasteiger partial charge in [-0.1, -0.05) is 67.2 Å². The van der Waals surface area contributed by atoms with E-state index >= 15 is 0 Å². The highest BCUT2D eigenvalue weighted by Crippen LogP contribution is 2.28. The van der Waals surface area contributed by atoms with Crippen LogP contribution in [0.25, 0.3) is 5.20 Å². The van der Waals surface area contributed by atoms with E-state index < -0.39 is 16.6 Å². The Labute approximate surface area is 130 Å². The van der Waals surface area contributed by atoms with Crippen LogP contribution in [0.5, 0.6) is 0 Å². The van der Waals surface area contributed by atoms with E-state index in [1.165, 1.54) is 15.9 Å². The first kappa shape index (κ1) is 16.0. The summed E-state index contributed by atoms with van der Waals surface area (Å²) >= 11 is 0. The van der Waals surface area contributed by atoms with Crippen molar-refractivity contribution < 1.29 is 4.12 Å². The minimum absolute atomic E-state index is 1.17. The van der Waals surface area contributed by atoms with Crippen LogP contribution >= 0.6 is 0 Å². The van der Waals surface area contributed by atoms with Gasteiger partial charge in [0.25, 0.3) is 0 Å². The van der Waals surface area contributed by atoms with Crippen molar-refractivity contribution in [1.29, 1.82) is 0 Å². The Hall–Kier alpha value is -1.43. The summed E-state index contributed by atoms with van der Waals surface area (Å²) in [5.74, 6) is 0. The van der Waals surface area contributed by atoms with Crippen molar-refractivity contribution in [2.45, 2.75) is 26.2 Å². The van der Waals surface area contributed by atoms with Crippen molar-refractivity contribution in [3.63, 3.8) is 0 Å². The zero-order valence-electron chi connectivity index (χ0n) is 13.4. The molecule has 0 heterocycles. The first-order valence-electron chi connectivity index (χ1n) is 7.33. The maximum Gasteiger partial charge on any atom is 0.206 e. The molecule has 1 nitrogen and oxygen atoms in total. The summed E-state index contributed by atoms with van der Waals surface area (Å²) in [4.78, 5) is 0. The molecule has 0 aliphatic rings. The molecule has 0 saturated carbocycles. The maximum atomic E-state index is 6.71. The fourth-order valence-corrected chi connectivity index (χ4v) is 10.5. The number of rotatable bonds is 5. The molecule has 2 rings (SSSR count). The second kappa shape index (κ2) is 6.14. The first-order valence-corrected chi connectivity index (χ1v) is 13.1. The third-order valence-corrected chi connectivity index (χ3v) is 11.4. The molecule has 0 radical (unpaired) electrons. The summed E-state index contributed by atoms with van der Waals surface area (Å²) in [5, 5.41) is 2.51. The zero-order chi connectivity index (χ0) is 15.5. The van der Waals surface area contributed by atoms with Crippen LogP contribution in [0.1, 0.15) is 5.56 Å². The SMILES string of the molecule is C=C(c1ccccc1)[Si](C)(C)O[Si](C)(C)c1ccccc1. The second-order valence-electron chi connectivity index (χ2n) is 6.33. The van der Waals surface area contributed by atoms with Crippen molar-refractivity contribution >= 4 is 27.0 Å². The minimum Gasteiger partial charge on any atom is -0.449 e. The molecule has 0 saturated heterocycles. The predicted molar refractivity (Wildman–Crippen MR) is 97.6 cm³/mol. The predicted octanol–water partition coefficient (Wildman–Crippen LogP) is 4.57. The number of hydrogen-bond donors (Lipinski definition) is 0. The molecule has 3 heteroatoms. The Kier molecular flexibility index (Phi) is 4.66. The van der Waals surface area contributed by atoms with Gasteiger partial charge in [-0.05, 0) is 42.1 Å². The highest BCUT2D eigenvalue weighted by Gasteiger charge is 2.36. The number of hydrogen-bond acceptors (Lipinski definition) is 1. The Morgan fingerprint density at radius 3 is 1.81 bits per heavy atom. The van der Waals surface area contributed by atoms with Crippen LogP contribution in [-0.4, -0.2) is 16.6 Å². The summed E-state index contributed by atoms with van der Waals surface area (Å²) in [6, 6.07) is 21.0. The summed E-state index contributed by atoms with van der Waals surface area (Å²) in [5.41, 5.74) is 1.20. The quantitative estimate of drug-likeness (QED) is 0.735. The van der Waals surface area contributed by atoms with Crippen LogP contribution in [0.2, 0.25) is 26.2 Å². The highest BCUT2D eigenvalue weighted by atomic mass is 28.4. The van der Waals surface area contributed by atoms with E-state index in [0.29, 0.717) is 0 Å². The van der Waals surface area contributed by atoms with Gasteiger partial charge in [-0.25, -0.2) is 0 Å². The summed E-state index contributed by atoms with van der Waals surface area (Å²) in [7, 11) is -3.91. The molecule has 0 aliphatic heterocycles. The van der Waals surface area contributed by atoms with Crippen molar-refractivity contribution in [2.24, 2.45) is 0 Å². The molecule has 2 aromatic rings. The molecule has 0 bridgehead atoms. The van der Waals surface area contributed by atoms with Gasteiger partial charge in [0.15, 0.2) is 0 Å². The Morgan fingerprint density at radius 2 is 1.29 bits per heavy atom. The molecule has 2 aromatic carbocycles. The maximum absolute atomic E-state index is 6.71. The van der Waals surface area contributed by atoms with Crippen molar-refractivity contribution in [3.05, 3.63) is 72.8 Å². The number of benzene rings is 2.